The molecule has 0 aliphatic heterocycles. The summed E-state index contributed by atoms with van der Waals surface area (Å²) < 4.78 is 5.11. The van der Waals surface area contributed by atoms with Crippen LogP contribution in [0.2, 0.25) is 0 Å². The number of aromatic amines is 2. The van der Waals surface area contributed by atoms with Crippen molar-refractivity contribution in [2.45, 2.75) is 19.8 Å². The van der Waals surface area contributed by atoms with Crippen molar-refractivity contribution in [3.8, 4) is 11.1 Å². The summed E-state index contributed by atoms with van der Waals surface area (Å²) in [5, 5.41) is 4.57. The Morgan fingerprint density at radius 1 is 1.07 bits per heavy atom. The summed E-state index contributed by atoms with van der Waals surface area (Å²) in [4.78, 5) is 30.6. The number of aromatic nitrogens is 2. The molecule has 0 fully saturated rings. The van der Waals surface area contributed by atoms with Gasteiger partial charge in [-0.2, -0.15) is 0 Å². The van der Waals surface area contributed by atoms with Crippen LogP contribution in [0, 0.1) is 0 Å². The number of hydrogen-bond donors (Lipinski definition) is 3. The summed E-state index contributed by atoms with van der Waals surface area (Å²) in [6.45, 7) is 2.42. The highest BCUT2D eigenvalue weighted by molar-refractivity contribution is 5.98. The van der Waals surface area contributed by atoms with E-state index in [4.69, 9.17) is 4.74 Å². The van der Waals surface area contributed by atoms with E-state index in [0.717, 1.165) is 34.7 Å². The van der Waals surface area contributed by atoms with Gasteiger partial charge >= 0.3 is 6.09 Å². The number of ether oxygens (including phenoxy) is 1. The van der Waals surface area contributed by atoms with Gasteiger partial charge in [0, 0.05) is 33.9 Å². The standard InChI is InChI=1S/C22H21N3O3/c1-2-3-10-28-22(27)24-15-9-8-14-11-17(21(26)25-20(14)12-15)18-13-23-19-7-5-4-6-16(18)19/h4-9,11-13,23H,2-3,10H2,1H3,(H,24,27)(H,25,26). The Bertz CT molecular complexity index is 1210. The molecule has 0 aliphatic rings. The monoisotopic (exact) mass is 375 g/mol. The van der Waals surface area contributed by atoms with E-state index < -0.39 is 6.09 Å². The minimum absolute atomic E-state index is 0.181. The Morgan fingerprint density at radius 3 is 2.79 bits per heavy atom. The lowest BCUT2D eigenvalue weighted by Crippen LogP contribution is -2.14. The summed E-state index contributed by atoms with van der Waals surface area (Å²) >= 11 is 0. The molecule has 0 unspecified atom stereocenters. The summed E-state index contributed by atoms with van der Waals surface area (Å²) in [5.41, 5.74) is 3.49. The first kappa shape index (κ1) is 17.9. The van der Waals surface area contributed by atoms with Crippen molar-refractivity contribution in [3.63, 3.8) is 0 Å². The fourth-order valence-electron chi connectivity index (χ4n) is 3.24. The summed E-state index contributed by atoms with van der Waals surface area (Å²) in [5.74, 6) is 0. The van der Waals surface area contributed by atoms with Crippen molar-refractivity contribution in [1.82, 2.24) is 9.97 Å². The highest BCUT2D eigenvalue weighted by Gasteiger charge is 2.11. The van der Waals surface area contributed by atoms with Gasteiger partial charge in [0.15, 0.2) is 0 Å². The molecule has 0 spiro atoms. The first-order valence-corrected chi connectivity index (χ1v) is 9.33. The molecule has 0 aliphatic carbocycles. The van der Waals surface area contributed by atoms with Crippen LogP contribution in [0.1, 0.15) is 19.8 Å². The van der Waals surface area contributed by atoms with E-state index in [-0.39, 0.29) is 5.56 Å². The third kappa shape index (κ3) is 3.49. The molecule has 0 atom stereocenters. The molecule has 2 aromatic carbocycles. The summed E-state index contributed by atoms with van der Waals surface area (Å²) in [6, 6.07) is 15.1. The number of H-pyrrole nitrogens is 2. The molecule has 4 aromatic rings. The van der Waals surface area contributed by atoms with Gasteiger partial charge in [-0.1, -0.05) is 37.6 Å². The van der Waals surface area contributed by atoms with Crippen LogP contribution in [0.5, 0.6) is 0 Å². The van der Waals surface area contributed by atoms with Gasteiger partial charge in [-0.15, -0.1) is 0 Å². The molecule has 0 saturated carbocycles. The highest BCUT2D eigenvalue weighted by atomic mass is 16.5. The van der Waals surface area contributed by atoms with Crippen molar-refractivity contribution >= 4 is 33.6 Å². The van der Waals surface area contributed by atoms with E-state index in [1.165, 1.54) is 0 Å². The zero-order valence-corrected chi connectivity index (χ0v) is 15.5. The number of anilines is 1. The lowest BCUT2D eigenvalue weighted by atomic mass is 10.0. The van der Waals surface area contributed by atoms with Crippen LogP contribution in [0.15, 0.2) is 59.5 Å². The third-order valence-electron chi connectivity index (χ3n) is 4.70. The molecule has 3 N–H and O–H groups in total. The Labute approximate surface area is 161 Å². The van der Waals surface area contributed by atoms with Crippen LogP contribution in [0.4, 0.5) is 10.5 Å². The molecule has 28 heavy (non-hydrogen) atoms. The van der Waals surface area contributed by atoms with Gasteiger partial charge in [-0.3, -0.25) is 10.1 Å². The number of para-hydroxylation sites is 1. The molecular weight excluding hydrogens is 354 g/mol. The Morgan fingerprint density at radius 2 is 1.93 bits per heavy atom. The van der Waals surface area contributed by atoms with Gasteiger partial charge < -0.3 is 14.7 Å². The number of rotatable bonds is 5. The van der Waals surface area contributed by atoms with E-state index in [1.54, 1.807) is 12.1 Å². The molecule has 6 nitrogen and oxygen atoms in total. The van der Waals surface area contributed by atoms with Crippen molar-refractivity contribution in [3.05, 3.63) is 65.1 Å². The average Bonchev–Trinajstić information content (AvgIpc) is 3.11. The maximum Gasteiger partial charge on any atom is 0.411 e. The summed E-state index contributed by atoms with van der Waals surface area (Å²) in [6.07, 6.45) is 3.15. The molecule has 0 saturated heterocycles. The van der Waals surface area contributed by atoms with Crippen LogP contribution < -0.4 is 10.9 Å². The lowest BCUT2D eigenvalue weighted by molar-refractivity contribution is 0.160. The molecule has 2 aromatic heterocycles. The Kier molecular flexibility index (Phi) is 4.85. The van der Waals surface area contributed by atoms with Gasteiger partial charge in [0.05, 0.1) is 12.1 Å². The van der Waals surface area contributed by atoms with E-state index in [0.29, 0.717) is 23.4 Å². The highest BCUT2D eigenvalue weighted by Crippen LogP contribution is 2.28. The smallest absolute Gasteiger partial charge is 0.411 e. The summed E-state index contributed by atoms with van der Waals surface area (Å²) in [7, 11) is 0. The molecule has 142 valence electrons. The first-order valence-electron chi connectivity index (χ1n) is 9.33. The second-order valence-corrected chi connectivity index (χ2v) is 6.68. The van der Waals surface area contributed by atoms with E-state index in [9.17, 15) is 9.59 Å². The van der Waals surface area contributed by atoms with Crippen molar-refractivity contribution < 1.29 is 9.53 Å². The van der Waals surface area contributed by atoms with Gasteiger partial charge in [0.1, 0.15) is 0 Å². The maximum atomic E-state index is 12.7. The van der Waals surface area contributed by atoms with Crippen LogP contribution in [-0.4, -0.2) is 22.7 Å². The first-order chi connectivity index (χ1) is 13.7. The van der Waals surface area contributed by atoms with E-state index in [1.807, 2.05) is 49.5 Å². The number of fused-ring (bicyclic) bond motifs is 2. The van der Waals surface area contributed by atoms with Gasteiger partial charge in [-0.25, -0.2) is 4.79 Å². The largest absolute Gasteiger partial charge is 0.449 e. The molecular formula is C22H21N3O3. The second kappa shape index (κ2) is 7.60. The molecule has 0 bridgehead atoms. The Balaban J connectivity index is 1.65. The van der Waals surface area contributed by atoms with Crippen LogP contribution in [0.3, 0.4) is 0 Å². The predicted octanol–water partition coefficient (Wildman–Crippen LogP) is 5.03. The van der Waals surface area contributed by atoms with Gasteiger partial charge in [-0.05, 0) is 36.1 Å². The van der Waals surface area contributed by atoms with Crippen LogP contribution in [-0.2, 0) is 4.74 Å². The van der Waals surface area contributed by atoms with Gasteiger partial charge in [0.2, 0.25) is 0 Å². The topological polar surface area (TPSA) is 87.0 Å². The van der Waals surface area contributed by atoms with E-state index in [2.05, 4.69) is 15.3 Å². The molecule has 4 rings (SSSR count). The van der Waals surface area contributed by atoms with Crippen molar-refractivity contribution in [1.29, 1.82) is 0 Å². The molecule has 1 amide bonds. The maximum absolute atomic E-state index is 12.7. The third-order valence-corrected chi connectivity index (χ3v) is 4.70. The lowest BCUT2D eigenvalue weighted by Gasteiger charge is -2.08. The minimum atomic E-state index is -0.495. The van der Waals surface area contributed by atoms with Crippen molar-refractivity contribution in [2.24, 2.45) is 0 Å². The fraction of sp³-hybridized carbons (Fsp3) is 0.182. The minimum Gasteiger partial charge on any atom is -0.449 e. The number of carbonyl (C=O) groups is 1. The molecule has 2 heterocycles. The van der Waals surface area contributed by atoms with Crippen molar-refractivity contribution in [2.75, 3.05) is 11.9 Å². The van der Waals surface area contributed by atoms with Crippen LogP contribution >= 0.6 is 0 Å². The normalized spacial score (nSPS) is 11.0. The van der Waals surface area contributed by atoms with Gasteiger partial charge in [0.25, 0.3) is 5.56 Å². The molecule has 0 radical (unpaired) electrons. The average molecular weight is 375 g/mol. The Hall–Kier alpha value is -3.54. The number of benzene rings is 2. The number of pyridine rings is 1. The fourth-order valence-corrected chi connectivity index (χ4v) is 3.24. The zero-order valence-electron chi connectivity index (χ0n) is 15.5. The number of unbranched alkanes of at least 4 members (excludes halogenated alkanes) is 1. The zero-order chi connectivity index (χ0) is 19.5. The van der Waals surface area contributed by atoms with E-state index >= 15 is 0 Å². The predicted molar refractivity (Wildman–Crippen MR) is 112 cm³/mol. The van der Waals surface area contributed by atoms with Crippen LogP contribution in [0.25, 0.3) is 32.9 Å². The SMILES string of the molecule is CCCCOC(=O)Nc1ccc2cc(-c3c[nH]c4ccccc34)c(=O)[nH]c2c1. The molecule has 6 heteroatoms. The quantitative estimate of drug-likeness (QED) is 0.428. The number of nitrogens with one attached hydrogen (secondary N) is 3. The second-order valence-electron chi connectivity index (χ2n) is 6.68. The number of amides is 1. The number of carbonyl (C=O) groups excluding carboxylic acids is 1. The number of hydrogen-bond acceptors (Lipinski definition) is 3.